The Morgan fingerprint density at radius 2 is 2.28 bits per heavy atom. The van der Waals surface area contributed by atoms with Gasteiger partial charge in [0.2, 0.25) is 5.91 Å². The van der Waals surface area contributed by atoms with Crippen molar-refractivity contribution in [1.82, 2.24) is 10.2 Å². The number of carbonyl (C=O) groups excluding carboxylic acids is 1. The molecule has 2 rings (SSSR count). The number of nitrogens with two attached hydrogens (primary N) is 1. The second-order valence-corrected chi connectivity index (χ2v) is 4.85. The third-order valence-corrected chi connectivity index (χ3v) is 3.38. The third-order valence-electron chi connectivity index (χ3n) is 3.38. The van der Waals surface area contributed by atoms with Crippen LogP contribution in [0, 0.1) is 0 Å². The molecule has 0 atom stereocenters. The zero-order chi connectivity index (χ0) is 13.0. The van der Waals surface area contributed by atoms with Gasteiger partial charge in [0.1, 0.15) is 0 Å². The molecule has 3 N–H and O–H groups in total. The number of nitrogens with one attached hydrogen (secondary N) is 1. The Kier molecular flexibility index (Phi) is 4.33. The molecular weight excluding hydrogens is 226 g/mol. The summed E-state index contributed by atoms with van der Waals surface area (Å²) in [5, 5.41) is 3.30. The number of amides is 1. The van der Waals surface area contributed by atoms with E-state index < -0.39 is 0 Å². The monoisotopic (exact) mass is 247 g/mol. The molecule has 18 heavy (non-hydrogen) atoms. The largest absolute Gasteiger partial charge is 0.366 e. The van der Waals surface area contributed by atoms with Crippen LogP contribution in [-0.2, 0) is 6.54 Å². The van der Waals surface area contributed by atoms with Crippen molar-refractivity contribution in [2.45, 2.75) is 25.9 Å². The number of carbonyl (C=O) groups is 1. The molecule has 0 saturated carbocycles. The van der Waals surface area contributed by atoms with Crippen molar-refractivity contribution >= 4 is 5.91 Å². The molecule has 4 heteroatoms. The van der Waals surface area contributed by atoms with Crippen LogP contribution in [0.2, 0.25) is 0 Å². The molecule has 1 amide bonds. The van der Waals surface area contributed by atoms with Crippen LogP contribution in [-0.4, -0.2) is 36.5 Å². The smallest absolute Gasteiger partial charge is 0.248 e. The van der Waals surface area contributed by atoms with Gasteiger partial charge in [0.05, 0.1) is 0 Å². The summed E-state index contributed by atoms with van der Waals surface area (Å²) in [6.07, 6.45) is 1.14. The predicted octanol–water partition coefficient (Wildman–Crippen LogP) is 0.969. The van der Waals surface area contributed by atoms with Crippen LogP contribution >= 0.6 is 0 Å². The maximum atomic E-state index is 11.2. The highest BCUT2D eigenvalue weighted by Gasteiger charge is 2.23. The first-order valence-electron chi connectivity index (χ1n) is 6.54. The number of hydrogen-bond donors (Lipinski definition) is 2. The molecule has 1 aliphatic heterocycles. The van der Waals surface area contributed by atoms with Crippen molar-refractivity contribution in [2.75, 3.05) is 19.6 Å². The normalized spacial score (nSPS) is 15.7. The maximum absolute atomic E-state index is 11.2. The van der Waals surface area contributed by atoms with Gasteiger partial charge in [-0.1, -0.05) is 19.1 Å². The van der Waals surface area contributed by atoms with Crippen molar-refractivity contribution < 1.29 is 4.79 Å². The van der Waals surface area contributed by atoms with E-state index in [1.807, 2.05) is 12.1 Å². The van der Waals surface area contributed by atoms with Gasteiger partial charge in [-0.3, -0.25) is 9.69 Å². The second kappa shape index (κ2) is 5.98. The molecule has 4 nitrogen and oxygen atoms in total. The maximum Gasteiger partial charge on any atom is 0.248 e. The van der Waals surface area contributed by atoms with Crippen molar-refractivity contribution in [3.8, 4) is 0 Å². The van der Waals surface area contributed by atoms with E-state index in [2.05, 4.69) is 23.2 Å². The van der Waals surface area contributed by atoms with Gasteiger partial charge >= 0.3 is 0 Å². The average Bonchev–Trinajstić information content (AvgIpc) is 2.27. The van der Waals surface area contributed by atoms with Gasteiger partial charge in [-0.25, -0.2) is 0 Å². The summed E-state index contributed by atoms with van der Waals surface area (Å²) in [6, 6.07) is 8.25. The number of hydrogen-bond acceptors (Lipinski definition) is 3. The Hall–Kier alpha value is -1.39. The molecule has 1 saturated heterocycles. The van der Waals surface area contributed by atoms with Gasteiger partial charge < -0.3 is 11.1 Å². The molecule has 0 bridgehead atoms. The van der Waals surface area contributed by atoms with Gasteiger partial charge in [0.15, 0.2) is 0 Å². The number of rotatable bonds is 6. The van der Waals surface area contributed by atoms with Crippen LogP contribution in [0.4, 0.5) is 0 Å². The summed E-state index contributed by atoms with van der Waals surface area (Å²) in [5.41, 5.74) is 7.06. The lowest BCUT2D eigenvalue weighted by atomic mass is 10.1. The summed E-state index contributed by atoms with van der Waals surface area (Å²) in [7, 11) is 0. The van der Waals surface area contributed by atoms with Gasteiger partial charge in [0, 0.05) is 31.2 Å². The lowest BCUT2D eigenvalue weighted by molar-refractivity contribution is 0.1000. The fraction of sp³-hybridized carbons (Fsp3) is 0.500. The van der Waals surface area contributed by atoms with Crippen LogP contribution in [0.15, 0.2) is 24.3 Å². The van der Waals surface area contributed by atoms with E-state index >= 15 is 0 Å². The summed E-state index contributed by atoms with van der Waals surface area (Å²) in [5.74, 6) is -0.357. The summed E-state index contributed by atoms with van der Waals surface area (Å²) >= 11 is 0. The molecule has 1 aliphatic rings. The molecule has 1 aromatic carbocycles. The molecule has 0 aromatic heterocycles. The first kappa shape index (κ1) is 13.1. The summed E-state index contributed by atoms with van der Waals surface area (Å²) in [6.45, 7) is 6.30. The summed E-state index contributed by atoms with van der Waals surface area (Å²) < 4.78 is 0. The number of primary amides is 1. The minimum Gasteiger partial charge on any atom is -0.366 e. The van der Waals surface area contributed by atoms with Crippen molar-refractivity contribution in [2.24, 2.45) is 5.73 Å². The Bertz CT molecular complexity index is 415. The number of benzene rings is 1. The lowest BCUT2D eigenvalue weighted by Gasteiger charge is -2.38. The molecule has 0 spiro atoms. The van der Waals surface area contributed by atoms with Crippen molar-refractivity contribution in [3.63, 3.8) is 0 Å². The molecule has 1 fully saturated rings. The van der Waals surface area contributed by atoms with Gasteiger partial charge in [-0.05, 0) is 30.7 Å². The minimum atomic E-state index is -0.357. The lowest BCUT2D eigenvalue weighted by Crippen LogP contribution is -2.56. The first-order chi connectivity index (χ1) is 8.70. The van der Waals surface area contributed by atoms with E-state index in [9.17, 15) is 4.79 Å². The standard InChI is InChI=1S/C14H21N3O/c1-2-6-17(13-8-16-9-13)10-11-4-3-5-12(7-11)14(15)18/h3-5,7,13,16H,2,6,8-10H2,1H3,(H2,15,18). The minimum absolute atomic E-state index is 0.357. The van der Waals surface area contributed by atoms with E-state index in [0.717, 1.165) is 38.2 Å². The first-order valence-corrected chi connectivity index (χ1v) is 6.54. The SMILES string of the molecule is CCCN(Cc1cccc(C(N)=O)c1)C1CNC1. The van der Waals surface area contributed by atoms with Crippen LogP contribution in [0.25, 0.3) is 0 Å². The molecule has 0 unspecified atom stereocenters. The second-order valence-electron chi connectivity index (χ2n) is 4.85. The molecule has 1 aromatic rings. The zero-order valence-electron chi connectivity index (χ0n) is 10.9. The van der Waals surface area contributed by atoms with E-state index in [4.69, 9.17) is 5.73 Å². The van der Waals surface area contributed by atoms with Gasteiger partial charge in [0.25, 0.3) is 0 Å². The van der Waals surface area contributed by atoms with E-state index in [1.165, 1.54) is 0 Å². The molecule has 0 radical (unpaired) electrons. The molecule has 1 heterocycles. The Balaban J connectivity index is 2.05. The van der Waals surface area contributed by atoms with Gasteiger partial charge in [-0.2, -0.15) is 0 Å². The van der Waals surface area contributed by atoms with Crippen LogP contribution in [0.1, 0.15) is 29.3 Å². The van der Waals surface area contributed by atoms with Crippen LogP contribution < -0.4 is 11.1 Å². The topological polar surface area (TPSA) is 58.4 Å². The fourth-order valence-electron chi connectivity index (χ4n) is 2.27. The van der Waals surface area contributed by atoms with E-state index in [0.29, 0.717) is 11.6 Å². The van der Waals surface area contributed by atoms with E-state index in [1.54, 1.807) is 6.07 Å². The quantitative estimate of drug-likeness (QED) is 0.787. The molecule has 98 valence electrons. The zero-order valence-corrected chi connectivity index (χ0v) is 10.9. The Labute approximate surface area is 108 Å². The van der Waals surface area contributed by atoms with Crippen LogP contribution in [0.3, 0.4) is 0 Å². The number of nitrogens with zero attached hydrogens (tertiary/aromatic N) is 1. The highest BCUT2D eigenvalue weighted by Crippen LogP contribution is 2.13. The average molecular weight is 247 g/mol. The Morgan fingerprint density at radius 1 is 1.50 bits per heavy atom. The molecule has 0 aliphatic carbocycles. The molecular formula is C14H21N3O. The summed E-state index contributed by atoms with van der Waals surface area (Å²) in [4.78, 5) is 13.6. The predicted molar refractivity (Wildman–Crippen MR) is 72.3 cm³/mol. The Morgan fingerprint density at radius 3 is 2.83 bits per heavy atom. The highest BCUT2D eigenvalue weighted by atomic mass is 16.1. The van der Waals surface area contributed by atoms with E-state index in [-0.39, 0.29) is 5.91 Å². The van der Waals surface area contributed by atoms with Crippen molar-refractivity contribution in [3.05, 3.63) is 35.4 Å². The highest BCUT2D eigenvalue weighted by molar-refractivity contribution is 5.92. The van der Waals surface area contributed by atoms with Crippen LogP contribution in [0.5, 0.6) is 0 Å². The third kappa shape index (κ3) is 3.09. The fourth-order valence-corrected chi connectivity index (χ4v) is 2.27. The van der Waals surface area contributed by atoms with Crippen molar-refractivity contribution in [1.29, 1.82) is 0 Å². The van der Waals surface area contributed by atoms with Gasteiger partial charge in [-0.15, -0.1) is 0 Å².